The lowest BCUT2D eigenvalue weighted by molar-refractivity contribution is 0.303. The average Bonchev–Trinajstić information content (AvgIpc) is 2.87. The second kappa shape index (κ2) is 3.70. The topological polar surface area (TPSA) is 12.5 Å². The molecule has 14 heavy (non-hydrogen) atoms. The molecule has 1 aromatic carbocycles. The number of benzene rings is 1. The summed E-state index contributed by atoms with van der Waals surface area (Å²) in [5.74, 6) is 0.878. The summed E-state index contributed by atoms with van der Waals surface area (Å²) < 4.78 is 5.69. The van der Waals surface area contributed by atoms with E-state index in [-0.39, 0.29) is 0 Å². The standard InChI is InChI=1S/C11H14ClNO/c1-13(2)9-5-8(12)6-11(7-9)14-10-3-4-10/h5-7,10H,3-4H2,1-2H3. The van der Waals surface area contributed by atoms with Crippen LogP contribution >= 0.6 is 11.6 Å². The van der Waals surface area contributed by atoms with Gasteiger partial charge in [-0.15, -0.1) is 0 Å². The molecule has 0 aliphatic heterocycles. The third-order valence-electron chi connectivity index (χ3n) is 2.20. The van der Waals surface area contributed by atoms with E-state index >= 15 is 0 Å². The molecule has 0 radical (unpaired) electrons. The van der Waals surface area contributed by atoms with Crippen LogP contribution in [0.5, 0.6) is 5.75 Å². The summed E-state index contributed by atoms with van der Waals surface area (Å²) >= 11 is 5.99. The van der Waals surface area contributed by atoms with Crippen molar-refractivity contribution in [3.05, 3.63) is 23.2 Å². The highest BCUT2D eigenvalue weighted by atomic mass is 35.5. The maximum Gasteiger partial charge on any atom is 0.123 e. The first-order valence-electron chi connectivity index (χ1n) is 4.80. The molecule has 0 spiro atoms. The number of hydrogen-bond acceptors (Lipinski definition) is 2. The van der Waals surface area contributed by atoms with E-state index in [0.717, 1.165) is 16.5 Å². The summed E-state index contributed by atoms with van der Waals surface area (Å²) in [6, 6.07) is 5.82. The molecule has 1 aliphatic rings. The van der Waals surface area contributed by atoms with Gasteiger partial charge in [-0.25, -0.2) is 0 Å². The van der Waals surface area contributed by atoms with Gasteiger partial charge in [-0.2, -0.15) is 0 Å². The summed E-state index contributed by atoms with van der Waals surface area (Å²) in [6.45, 7) is 0. The van der Waals surface area contributed by atoms with E-state index in [1.165, 1.54) is 12.8 Å². The molecule has 0 amide bonds. The Morgan fingerprint density at radius 1 is 1.29 bits per heavy atom. The third-order valence-corrected chi connectivity index (χ3v) is 2.42. The minimum absolute atomic E-state index is 0.420. The van der Waals surface area contributed by atoms with Crippen molar-refractivity contribution in [3.8, 4) is 5.75 Å². The molecular weight excluding hydrogens is 198 g/mol. The SMILES string of the molecule is CN(C)c1cc(Cl)cc(OC2CC2)c1. The summed E-state index contributed by atoms with van der Waals surface area (Å²) in [7, 11) is 3.99. The Labute approximate surface area is 89.4 Å². The smallest absolute Gasteiger partial charge is 0.123 e. The zero-order chi connectivity index (χ0) is 10.1. The molecule has 0 N–H and O–H groups in total. The van der Waals surface area contributed by atoms with Crippen LogP contribution in [-0.4, -0.2) is 20.2 Å². The van der Waals surface area contributed by atoms with Crippen LogP contribution in [0.2, 0.25) is 5.02 Å². The van der Waals surface area contributed by atoms with Crippen LogP contribution in [0.3, 0.4) is 0 Å². The van der Waals surface area contributed by atoms with Gasteiger partial charge in [0.15, 0.2) is 0 Å². The molecule has 2 rings (SSSR count). The monoisotopic (exact) mass is 211 g/mol. The van der Waals surface area contributed by atoms with Gasteiger partial charge in [-0.05, 0) is 25.0 Å². The highest BCUT2D eigenvalue weighted by Gasteiger charge is 2.23. The fourth-order valence-electron chi connectivity index (χ4n) is 1.25. The minimum Gasteiger partial charge on any atom is -0.490 e. The number of halogens is 1. The van der Waals surface area contributed by atoms with Crippen molar-refractivity contribution < 1.29 is 4.74 Å². The Bertz CT molecular complexity index is 334. The van der Waals surface area contributed by atoms with Gasteiger partial charge in [-0.3, -0.25) is 0 Å². The maximum absolute atomic E-state index is 5.99. The molecule has 76 valence electrons. The van der Waals surface area contributed by atoms with E-state index < -0.39 is 0 Å². The number of anilines is 1. The van der Waals surface area contributed by atoms with Gasteiger partial charge >= 0.3 is 0 Å². The predicted molar refractivity (Wildman–Crippen MR) is 59.4 cm³/mol. The first-order valence-corrected chi connectivity index (χ1v) is 5.17. The Morgan fingerprint density at radius 3 is 2.57 bits per heavy atom. The molecule has 1 saturated carbocycles. The summed E-state index contributed by atoms with van der Waals surface area (Å²) in [5.41, 5.74) is 1.08. The Morgan fingerprint density at radius 2 is 2.00 bits per heavy atom. The Kier molecular flexibility index (Phi) is 2.55. The number of rotatable bonds is 3. The normalized spacial score (nSPS) is 15.4. The Hall–Kier alpha value is -0.890. The molecule has 1 fully saturated rings. The number of nitrogens with zero attached hydrogens (tertiary/aromatic N) is 1. The van der Waals surface area contributed by atoms with Gasteiger partial charge in [0.05, 0.1) is 6.10 Å². The molecule has 0 bridgehead atoms. The predicted octanol–water partition coefficient (Wildman–Crippen LogP) is 2.95. The second-order valence-corrected chi connectivity index (χ2v) is 4.29. The largest absolute Gasteiger partial charge is 0.490 e. The summed E-state index contributed by atoms with van der Waals surface area (Å²) in [6.07, 6.45) is 2.76. The molecule has 0 saturated heterocycles. The molecule has 0 aromatic heterocycles. The van der Waals surface area contributed by atoms with Crippen molar-refractivity contribution >= 4 is 17.3 Å². The second-order valence-electron chi connectivity index (χ2n) is 3.86. The fraction of sp³-hybridized carbons (Fsp3) is 0.455. The van der Waals surface area contributed by atoms with Gasteiger partial charge < -0.3 is 9.64 Å². The maximum atomic E-state index is 5.99. The van der Waals surface area contributed by atoms with Crippen LogP contribution in [0.25, 0.3) is 0 Å². The van der Waals surface area contributed by atoms with E-state index in [9.17, 15) is 0 Å². The van der Waals surface area contributed by atoms with Gasteiger partial charge in [0.25, 0.3) is 0 Å². The molecule has 0 unspecified atom stereocenters. The van der Waals surface area contributed by atoms with Crippen LogP contribution in [0, 0.1) is 0 Å². The third kappa shape index (κ3) is 2.32. The fourth-order valence-corrected chi connectivity index (χ4v) is 1.47. The van der Waals surface area contributed by atoms with E-state index in [2.05, 4.69) is 0 Å². The van der Waals surface area contributed by atoms with Crippen molar-refractivity contribution in [3.63, 3.8) is 0 Å². The van der Waals surface area contributed by atoms with Crippen LogP contribution in [0.4, 0.5) is 5.69 Å². The van der Waals surface area contributed by atoms with E-state index in [1.807, 2.05) is 37.2 Å². The molecular formula is C11H14ClNO. The van der Waals surface area contributed by atoms with Crippen LogP contribution in [0.15, 0.2) is 18.2 Å². The van der Waals surface area contributed by atoms with Crippen molar-refractivity contribution in [2.24, 2.45) is 0 Å². The van der Waals surface area contributed by atoms with Crippen molar-refractivity contribution in [2.45, 2.75) is 18.9 Å². The zero-order valence-electron chi connectivity index (χ0n) is 8.46. The van der Waals surface area contributed by atoms with Gasteiger partial charge in [0, 0.05) is 30.9 Å². The van der Waals surface area contributed by atoms with E-state index in [1.54, 1.807) is 0 Å². The zero-order valence-corrected chi connectivity index (χ0v) is 9.21. The highest BCUT2D eigenvalue weighted by molar-refractivity contribution is 6.31. The molecule has 0 atom stereocenters. The molecule has 3 heteroatoms. The van der Waals surface area contributed by atoms with Gasteiger partial charge in [0.2, 0.25) is 0 Å². The van der Waals surface area contributed by atoms with Crippen molar-refractivity contribution in [2.75, 3.05) is 19.0 Å². The quantitative estimate of drug-likeness (QED) is 0.762. The summed E-state index contributed by atoms with van der Waals surface area (Å²) in [4.78, 5) is 2.02. The highest BCUT2D eigenvalue weighted by Crippen LogP contribution is 2.31. The minimum atomic E-state index is 0.420. The molecule has 0 heterocycles. The van der Waals surface area contributed by atoms with E-state index in [4.69, 9.17) is 16.3 Å². The lowest BCUT2D eigenvalue weighted by Gasteiger charge is -2.14. The van der Waals surface area contributed by atoms with Gasteiger partial charge in [0.1, 0.15) is 5.75 Å². The average molecular weight is 212 g/mol. The summed E-state index contributed by atoms with van der Waals surface area (Å²) in [5, 5.41) is 0.729. The van der Waals surface area contributed by atoms with Crippen LogP contribution in [-0.2, 0) is 0 Å². The van der Waals surface area contributed by atoms with E-state index in [0.29, 0.717) is 6.10 Å². The van der Waals surface area contributed by atoms with Crippen LogP contribution in [0.1, 0.15) is 12.8 Å². The first kappa shape index (κ1) is 9.66. The first-order chi connectivity index (χ1) is 6.65. The lowest BCUT2D eigenvalue weighted by atomic mass is 10.3. The molecule has 1 aliphatic carbocycles. The molecule has 1 aromatic rings. The van der Waals surface area contributed by atoms with Crippen molar-refractivity contribution in [1.29, 1.82) is 0 Å². The molecule has 2 nitrogen and oxygen atoms in total. The number of hydrogen-bond donors (Lipinski definition) is 0. The van der Waals surface area contributed by atoms with Crippen LogP contribution < -0.4 is 9.64 Å². The van der Waals surface area contributed by atoms with Crippen molar-refractivity contribution in [1.82, 2.24) is 0 Å². The number of ether oxygens (including phenoxy) is 1. The lowest BCUT2D eigenvalue weighted by Crippen LogP contribution is -2.08. The Balaban J connectivity index is 2.21. The van der Waals surface area contributed by atoms with Gasteiger partial charge in [-0.1, -0.05) is 11.6 Å².